The Hall–Kier alpha value is -3.08. The first kappa shape index (κ1) is 17.3. The minimum absolute atomic E-state index is 0.187. The second-order valence-electron chi connectivity index (χ2n) is 6.92. The molecule has 1 aliphatic rings. The Kier molecular flexibility index (Phi) is 5.19. The molecule has 0 aliphatic heterocycles. The predicted molar refractivity (Wildman–Crippen MR) is 105 cm³/mol. The first-order chi connectivity index (χ1) is 13.3. The summed E-state index contributed by atoms with van der Waals surface area (Å²) in [4.78, 5) is 24.9. The Bertz CT molecular complexity index is 903. The Labute approximate surface area is 158 Å². The molecule has 136 valence electrons. The fourth-order valence-corrected chi connectivity index (χ4v) is 3.60. The number of nitrogens with zero attached hydrogens (tertiary/aromatic N) is 3. The molecular weight excluding hydrogens is 336 g/mol. The highest BCUT2D eigenvalue weighted by Gasteiger charge is 2.22. The van der Waals surface area contributed by atoms with Crippen LogP contribution in [0.5, 0.6) is 0 Å². The summed E-state index contributed by atoms with van der Waals surface area (Å²) in [6.45, 7) is 0.566. The molecule has 4 rings (SSSR count). The van der Waals surface area contributed by atoms with Gasteiger partial charge in [0.05, 0.1) is 5.69 Å². The monoisotopic (exact) mass is 358 g/mol. The number of carbonyl (C=O) groups is 1. The summed E-state index contributed by atoms with van der Waals surface area (Å²) in [7, 11) is 0. The largest absolute Gasteiger partial charge is 0.352 e. The zero-order valence-corrected chi connectivity index (χ0v) is 15.1. The molecule has 1 N–H and O–H groups in total. The van der Waals surface area contributed by atoms with Gasteiger partial charge in [-0.25, -0.2) is 9.97 Å². The average Bonchev–Trinajstić information content (AvgIpc) is 3.28. The lowest BCUT2D eigenvalue weighted by molar-refractivity contribution is -0.124. The first-order valence-electron chi connectivity index (χ1n) is 9.39. The van der Waals surface area contributed by atoms with Crippen LogP contribution in [0, 0.1) is 5.92 Å². The number of rotatable bonds is 5. The molecule has 0 spiro atoms. The summed E-state index contributed by atoms with van der Waals surface area (Å²) < 4.78 is 0. The van der Waals surface area contributed by atoms with Crippen LogP contribution in [-0.4, -0.2) is 20.9 Å². The molecule has 5 nitrogen and oxygen atoms in total. The van der Waals surface area contributed by atoms with Crippen molar-refractivity contribution in [1.82, 2.24) is 20.3 Å². The Morgan fingerprint density at radius 1 is 0.963 bits per heavy atom. The molecule has 2 heterocycles. The predicted octanol–water partition coefficient (Wildman–Crippen LogP) is 4.01. The van der Waals surface area contributed by atoms with E-state index in [1.165, 1.54) is 12.8 Å². The van der Waals surface area contributed by atoms with Crippen molar-refractivity contribution >= 4 is 5.91 Å². The van der Waals surface area contributed by atoms with E-state index >= 15 is 0 Å². The lowest BCUT2D eigenvalue weighted by Crippen LogP contribution is -2.28. The van der Waals surface area contributed by atoms with Gasteiger partial charge in [-0.15, -0.1) is 0 Å². The van der Waals surface area contributed by atoms with Crippen molar-refractivity contribution in [3.8, 4) is 22.4 Å². The maximum atomic E-state index is 12.2. The standard InChI is InChI=1S/C22H22N4O/c27-22(19-3-1-2-4-19)25-13-16-5-7-18(8-6-16)21-20(14-24-15-26-21)17-9-11-23-12-10-17/h5-12,14-15,19H,1-4,13H2,(H,25,27). The Morgan fingerprint density at radius 2 is 1.70 bits per heavy atom. The van der Waals surface area contributed by atoms with Crippen LogP contribution in [0.25, 0.3) is 22.4 Å². The van der Waals surface area contributed by atoms with Gasteiger partial charge in [-0.3, -0.25) is 9.78 Å². The summed E-state index contributed by atoms with van der Waals surface area (Å²) in [6, 6.07) is 12.1. The zero-order chi connectivity index (χ0) is 18.5. The number of carbonyl (C=O) groups excluding carboxylic acids is 1. The van der Waals surface area contributed by atoms with Gasteiger partial charge in [0, 0.05) is 42.2 Å². The fraction of sp³-hybridized carbons (Fsp3) is 0.273. The molecule has 0 saturated heterocycles. The lowest BCUT2D eigenvalue weighted by Gasteiger charge is -2.11. The third kappa shape index (κ3) is 4.03. The van der Waals surface area contributed by atoms with Crippen LogP contribution >= 0.6 is 0 Å². The second-order valence-corrected chi connectivity index (χ2v) is 6.92. The van der Waals surface area contributed by atoms with Crippen LogP contribution in [-0.2, 0) is 11.3 Å². The Balaban J connectivity index is 1.49. The summed E-state index contributed by atoms with van der Waals surface area (Å²) in [5, 5.41) is 3.07. The lowest BCUT2D eigenvalue weighted by atomic mass is 10.0. The second kappa shape index (κ2) is 8.08. The van der Waals surface area contributed by atoms with Gasteiger partial charge in [0.1, 0.15) is 6.33 Å². The molecule has 1 aliphatic carbocycles. The topological polar surface area (TPSA) is 67.8 Å². The fourth-order valence-electron chi connectivity index (χ4n) is 3.60. The minimum Gasteiger partial charge on any atom is -0.352 e. The first-order valence-corrected chi connectivity index (χ1v) is 9.39. The summed E-state index contributed by atoms with van der Waals surface area (Å²) in [5.41, 5.74) is 5.01. The molecule has 5 heteroatoms. The van der Waals surface area contributed by atoms with Crippen LogP contribution < -0.4 is 5.32 Å². The van der Waals surface area contributed by atoms with Gasteiger partial charge in [-0.05, 0) is 36.1 Å². The average molecular weight is 358 g/mol. The van der Waals surface area contributed by atoms with Gasteiger partial charge in [0.25, 0.3) is 0 Å². The van der Waals surface area contributed by atoms with Crippen LogP contribution in [0.1, 0.15) is 31.2 Å². The van der Waals surface area contributed by atoms with Crippen molar-refractivity contribution in [3.05, 3.63) is 66.9 Å². The quantitative estimate of drug-likeness (QED) is 0.748. The van der Waals surface area contributed by atoms with E-state index in [1.807, 2.05) is 42.6 Å². The zero-order valence-electron chi connectivity index (χ0n) is 15.1. The van der Waals surface area contributed by atoms with E-state index < -0.39 is 0 Å². The molecule has 1 aromatic carbocycles. The maximum Gasteiger partial charge on any atom is 0.223 e. The van der Waals surface area contributed by atoms with Crippen molar-refractivity contribution in [3.63, 3.8) is 0 Å². The summed E-state index contributed by atoms with van der Waals surface area (Å²) in [6.07, 6.45) is 11.3. The van der Waals surface area contributed by atoms with Gasteiger partial charge >= 0.3 is 0 Å². The molecule has 1 fully saturated rings. The molecular formula is C22H22N4O. The number of amides is 1. The summed E-state index contributed by atoms with van der Waals surface area (Å²) >= 11 is 0. The molecule has 0 radical (unpaired) electrons. The number of nitrogens with one attached hydrogen (secondary N) is 1. The van der Waals surface area contributed by atoms with E-state index in [4.69, 9.17) is 0 Å². The number of benzene rings is 1. The highest BCUT2D eigenvalue weighted by molar-refractivity contribution is 5.80. The smallest absolute Gasteiger partial charge is 0.223 e. The van der Waals surface area contributed by atoms with Crippen LogP contribution in [0.2, 0.25) is 0 Å². The van der Waals surface area contributed by atoms with Crippen LogP contribution in [0.3, 0.4) is 0 Å². The number of pyridine rings is 1. The normalized spacial score (nSPS) is 14.2. The van der Waals surface area contributed by atoms with Crippen molar-refractivity contribution in [2.24, 2.45) is 5.92 Å². The van der Waals surface area contributed by atoms with Crippen molar-refractivity contribution in [2.75, 3.05) is 0 Å². The highest BCUT2D eigenvalue weighted by Crippen LogP contribution is 2.29. The molecule has 3 aromatic rings. The third-order valence-electron chi connectivity index (χ3n) is 5.12. The minimum atomic E-state index is 0.187. The Morgan fingerprint density at radius 3 is 2.44 bits per heavy atom. The number of hydrogen-bond donors (Lipinski definition) is 1. The van der Waals surface area contributed by atoms with Crippen molar-refractivity contribution < 1.29 is 4.79 Å². The SMILES string of the molecule is O=C(NCc1ccc(-c2ncncc2-c2ccncc2)cc1)C1CCCC1. The van der Waals surface area contributed by atoms with E-state index in [0.29, 0.717) is 6.54 Å². The molecule has 0 atom stereocenters. The van der Waals surface area contributed by atoms with Crippen molar-refractivity contribution in [2.45, 2.75) is 32.2 Å². The highest BCUT2D eigenvalue weighted by atomic mass is 16.1. The number of hydrogen-bond acceptors (Lipinski definition) is 4. The van der Waals surface area contributed by atoms with E-state index in [2.05, 4.69) is 20.3 Å². The van der Waals surface area contributed by atoms with Gasteiger partial charge in [0.15, 0.2) is 0 Å². The summed E-state index contributed by atoms with van der Waals surface area (Å²) in [5.74, 6) is 0.389. The van der Waals surface area contributed by atoms with E-state index in [1.54, 1.807) is 18.7 Å². The van der Waals surface area contributed by atoms with Crippen LogP contribution in [0.4, 0.5) is 0 Å². The van der Waals surface area contributed by atoms with Gasteiger partial charge < -0.3 is 5.32 Å². The molecule has 0 bridgehead atoms. The molecule has 1 saturated carbocycles. The molecule has 27 heavy (non-hydrogen) atoms. The van der Waals surface area contributed by atoms with E-state index in [0.717, 1.165) is 40.8 Å². The number of aromatic nitrogens is 3. The van der Waals surface area contributed by atoms with Gasteiger partial charge in [-0.1, -0.05) is 37.1 Å². The van der Waals surface area contributed by atoms with E-state index in [-0.39, 0.29) is 11.8 Å². The van der Waals surface area contributed by atoms with Gasteiger partial charge in [0.2, 0.25) is 5.91 Å². The maximum absolute atomic E-state index is 12.2. The van der Waals surface area contributed by atoms with Gasteiger partial charge in [-0.2, -0.15) is 0 Å². The molecule has 2 aromatic heterocycles. The third-order valence-corrected chi connectivity index (χ3v) is 5.12. The van der Waals surface area contributed by atoms with E-state index in [9.17, 15) is 4.79 Å². The van der Waals surface area contributed by atoms with Crippen LogP contribution in [0.15, 0.2) is 61.3 Å². The van der Waals surface area contributed by atoms with Crippen molar-refractivity contribution in [1.29, 1.82) is 0 Å². The molecule has 1 amide bonds. The molecule has 0 unspecified atom stereocenters.